The highest BCUT2D eigenvalue weighted by atomic mass is 32.2. The Morgan fingerprint density at radius 2 is 2.06 bits per heavy atom. The Hall–Kier alpha value is -1.82. The highest BCUT2D eigenvalue weighted by molar-refractivity contribution is 7.98. The van der Waals surface area contributed by atoms with Gasteiger partial charge in [0.25, 0.3) is 5.69 Å². The molecule has 6 heteroatoms. The van der Waals surface area contributed by atoms with Gasteiger partial charge in [0.2, 0.25) is 0 Å². The standard InChI is InChI=1S/C10H9N3O2S/c1-16-10-11-6-9(12-10)7-2-4-8(5-3-7)13(14)15/h2-6H,1H3,(H,11,12). The maximum absolute atomic E-state index is 10.5. The summed E-state index contributed by atoms with van der Waals surface area (Å²) in [4.78, 5) is 17.3. The van der Waals surface area contributed by atoms with Crippen LogP contribution < -0.4 is 0 Å². The number of thioether (sulfide) groups is 1. The second-order valence-electron chi connectivity index (χ2n) is 3.11. The zero-order chi connectivity index (χ0) is 11.5. The second kappa shape index (κ2) is 4.36. The SMILES string of the molecule is CSc1ncc(-c2ccc([N+](=O)[O-])cc2)[nH]1. The van der Waals surface area contributed by atoms with Crippen LogP contribution in [-0.4, -0.2) is 21.1 Å². The van der Waals surface area contributed by atoms with Gasteiger partial charge < -0.3 is 4.98 Å². The van der Waals surface area contributed by atoms with Crippen molar-refractivity contribution in [1.82, 2.24) is 9.97 Å². The van der Waals surface area contributed by atoms with Crippen molar-refractivity contribution in [3.8, 4) is 11.3 Å². The molecule has 5 nitrogen and oxygen atoms in total. The molecule has 82 valence electrons. The molecule has 0 aliphatic carbocycles. The Balaban J connectivity index is 2.30. The maximum Gasteiger partial charge on any atom is 0.269 e. The molecule has 1 aromatic carbocycles. The van der Waals surface area contributed by atoms with Crippen LogP contribution in [0.15, 0.2) is 35.6 Å². The summed E-state index contributed by atoms with van der Waals surface area (Å²) in [5, 5.41) is 11.3. The quantitative estimate of drug-likeness (QED) is 0.504. The molecule has 1 N–H and O–H groups in total. The summed E-state index contributed by atoms with van der Waals surface area (Å²) in [5.74, 6) is 0. The van der Waals surface area contributed by atoms with E-state index < -0.39 is 4.92 Å². The number of nitrogens with zero attached hydrogens (tertiary/aromatic N) is 2. The molecule has 0 saturated heterocycles. The van der Waals surface area contributed by atoms with Crippen LogP contribution in [0.3, 0.4) is 0 Å². The number of nitro benzene ring substituents is 1. The topological polar surface area (TPSA) is 71.8 Å². The number of imidazole rings is 1. The number of nitro groups is 1. The normalized spacial score (nSPS) is 10.3. The molecular weight excluding hydrogens is 226 g/mol. The third-order valence-corrected chi connectivity index (χ3v) is 2.73. The number of nitrogens with one attached hydrogen (secondary N) is 1. The minimum atomic E-state index is -0.413. The Kier molecular flexibility index (Phi) is 2.91. The number of non-ortho nitro benzene ring substituents is 1. The lowest BCUT2D eigenvalue weighted by molar-refractivity contribution is -0.384. The van der Waals surface area contributed by atoms with Gasteiger partial charge in [-0.15, -0.1) is 0 Å². The first kappa shape index (κ1) is 10.7. The molecule has 0 radical (unpaired) electrons. The third-order valence-electron chi connectivity index (χ3n) is 2.13. The fraction of sp³-hybridized carbons (Fsp3) is 0.100. The maximum atomic E-state index is 10.5. The van der Waals surface area contributed by atoms with Crippen molar-refractivity contribution < 1.29 is 4.92 Å². The van der Waals surface area contributed by atoms with E-state index in [2.05, 4.69) is 9.97 Å². The molecule has 2 aromatic rings. The van der Waals surface area contributed by atoms with Crippen LogP contribution in [0.5, 0.6) is 0 Å². The summed E-state index contributed by atoms with van der Waals surface area (Å²) in [5.41, 5.74) is 1.84. The number of H-pyrrole nitrogens is 1. The Morgan fingerprint density at radius 1 is 1.38 bits per heavy atom. The fourth-order valence-electron chi connectivity index (χ4n) is 1.32. The predicted octanol–water partition coefficient (Wildman–Crippen LogP) is 2.71. The number of hydrogen-bond donors (Lipinski definition) is 1. The van der Waals surface area contributed by atoms with Crippen LogP contribution in [0.1, 0.15) is 0 Å². The van der Waals surface area contributed by atoms with Gasteiger partial charge in [-0.25, -0.2) is 4.98 Å². The molecule has 16 heavy (non-hydrogen) atoms. The largest absolute Gasteiger partial charge is 0.333 e. The van der Waals surface area contributed by atoms with Gasteiger partial charge in [0.15, 0.2) is 5.16 Å². The van der Waals surface area contributed by atoms with E-state index in [0.29, 0.717) is 0 Å². The van der Waals surface area contributed by atoms with Crippen LogP contribution >= 0.6 is 11.8 Å². The summed E-state index contributed by atoms with van der Waals surface area (Å²) in [6.07, 6.45) is 3.64. The number of aromatic nitrogens is 2. The van der Waals surface area contributed by atoms with Crippen LogP contribution in [0.2, 0.25) is 0 Å². The zero-order valence-electron chi connectivity index (χ0n) is 8.51. The summed E-state index contributed by atoms with van der Waals surface area (Å²) in [6, 6.07) is 6.37. The van der Waals surface area contributed by atoms with Crippen molar-refractivity contribution in [2.24, 2.45) is 0 Å². The van der Waals surface area contributed by atoms with E-state index in [0.717, 1.165) is 16.4 Å². The second-order valence-corrected chi connectivity index (χ2v) is 3.91. The van der Waals surface area contributed by atoms with Crippen molar-refractivity contribution in [2.75, 3.05) is 6.26 Å². The van der Waals surface area contributed by atoms with Gasteiger partial charge in [-0.1, -0.05) is 11.8 Å². The van der Waals surface area contributed by atoms with Gasteiger partial charge >= 0.3 is 0 Å². The molecule has 0 aliphatic rings. The van der Waals surface area contributed by atoms with Gasteiger partial charge in [0, 0.05) is 17.7 Å². The molecule has 0 atom stereocenters. The minimum Gasteiger partial charge on any atom is -0.333 e. The molecule has 0 saturated carbocycles. The highest BCUT2D eigenvalue weighted by Gasteiger charge is 2.06. The molecule has 0 unspecified atom stereocenters. The van der Waals surface area contributed by atoms with Crippen molar-refractivity contribution in [1.29, 1.82) is 0 Å². The highest BCUT2D eigenvalue weighted by Crippen LogP contribution is 2.22. The molecule has 0 bridgehead atoms. The van der Waals surface area contributed by atoms with Gasteiger partial charge in [-0.3, -0.25) is 10.1 Å². The third kappa shape index (κ3) is 2.06. The van der Waals surface area contributed by atoms with E-state index in [4.69, 9.17) is 0 Å². The first-order valence-corrected chi connectivity index (χ1v) is 5.77. The van der Waals surface area contributed by atoms with Crippen LogP contribution in [0.4, 0.5) is 5.69 Å². The van der Waals surface area contributed by atoms with Gasteiger partial charge in [0.1, 0.15) is 0 Å². The van der Waals surface area contributed by atoms with E-state index in [1.807, 2.05) is 6.26 Å². The predicted molar refractivity (Wildman–Crippen MR) is 62.5 cm³/mol. The molecule has 1 aromatic heterocycles. The zero-order valence-corrected chi connectivity index (χ0v) is 9.32. The van der Waals surface area contributed by atoms with Crippen molar-refractivity contribution in [3.63, 3.8) is 0 Å². The molecule has 1 heterocycles. The van der Waals surface area contributed by atoms with E-state index >= 15 is 0 Å². The van der Waals surface area contributed by atoms with Crippen LogP contribution in [0, 0.1) is 10.1 Å². The summed E-state index contributed by atoms with van der Waals surface area (Å²) < 4.78 is 0. The monoisotopic (exact) mass is 235 g/mol. The number of benzene rings is 1. The van der Waals surface area contributed by atoms with Gasteiger partial charge in [-0.2, -0.15) is 0 Å². The molecule has 2 rings (SSSR count). The van der Waals surface area contributed by atoms with Crippen molar-refractivity contribution in [3.05, 3.63) is 40.6 Å². The van der Waals surface area contributed by atoms with Gasteiger partial charge in [-0.05, 0) is 18.4 Å². The van der Waals surface area contributed by atoms with E-state index in [-0.39, 0.29) is 5.69 Å². The van der Waals surface area contributed by atoms with E-state index in [1.54, 1.807) is 18.3 Å². The molecule has 0 spiro atoms. The number of hydrogen-bond acceptors (Lipinski definition) is 4. The average Bonchev–Trinajstić information content (AvgIpc) is 2.77. The lowest BCUT2D eigenvalue weighted by Crippen LogP contribution is -1.87. The molecular formula is C10H9N3O2S. The summed E-state index contributed by atoms with van der Waals surface area (Å²) >= 11 is 1.52. The number of aromatic amines is 1. The van der Waals surface area contributed by atoms with Crippen molar-refractivity contribution >= 4 is 17.4 Å². The first-order valence-electron chi connectivity index (χ1n) is 4.54. The lowest BCUT2D eigenvalue weighted by Gasteiger charge is -1.96. The Bertz CT molecular complexity index is 507. The van der Waals surface area contributed by atoms with Crippen molar-refractivity contribution in [2.45, 2.75) is 5.16 Å². The Labute approximate surface area is 96.1 Å². The molecule has 0 fully saturated rings. The smallest absolute Gasteiger partial charge is 0.269 e. The molecule has 0 aliphatic heterocycles. The summed E-state index contributed by atoms with van der Waals surface area (Å²) in [7, 11) is 0. The van der Waals surface area contributed by atoms with E-state index in [9.17, 15) is 10.1 Å². The first-order chi connectivity index (χ1) is 7.70. The van der Waals surface area contributed by atoms with E-state index in [1.165, 1.54) is 23.9 Å². The summed E-state index contributed by atoms with van der Waals surface area (Å²) in [6.45, 7) is 0. The lowest BCUT2D eigenvalue weighted by atomic mass is 10.1. The Morgan fingerprint density at radius 3 is 2.56 bits per heavy atom. The van der Waals surface area contributed by atoms with Gasteiger partial charge in [0.05, 0.1) is 16.8 Å². The van der Waals surface area contributed by atoms with Crippen LogP contribution in [0.25, 0.3) is 11.3 Å². The minimum absolute atomic E-state index is 0.0911. The molecule has 0 amide bonds. The number of rotatable bonds is 3. The average molecular weight is 235 g/mol. The fourth-order valence-corrected chi connectivity index (χ4v) is 1.69. The van der Waals surface area contributed by atoms with Crippen LogP contribution in [-0.2, 0) is 0 Å².